The number of carboxylic acid groups (broad SMARTS) is 1. The Morgan fingerprint density at radius 3 is 2.32 bits per heavy atom. The van der Waals surface area contributed by atoms with E-state index in [0.29, 0.717) is 5.56 Å². The van der Waals surface area contributed by atoms with Crippen molar-refractivity contribution in [1.82, 2.24) is 0 Å². The van der Waals surface area contributed by atoms with E-state index in [1.54, 1.807) is 20.4 Å². The van der Waals surface area contributed by atoms with Crippen LogP contribution in [0.5, 0.6) is 0 Å². The zero-order valence-electron chi connectivity index (χ0n) is 14.2. The second-order valence-corrected chi connectivity index (χ2v) is 23.1. The summed E-state index contributed by atoms with van der Waals surface area (Å²) in [7, 11) is 1.78. The topological polar surface area (TPSA) is 92.5 Å². The van der Waals surface area contributed by atoms with Crippen LogP contribution in [0.1, 0.15) is 17.3 Å². The number of carboxylic acids is 1. The second-order valence-electron chi connectivity index (χ2n) is 4.61. The van der Waals surface area contributed by atoms with Gasteiger partial charge in [-0.05, 0) is 0 Å². The molecule has 0 aromatic heterocycles. The van der Waals surface area contributed by atoms with Crippen molar-refractivity contribution in [3.05, 3.63) is 70.3 Å². The molecule has 0 bridgehead atoms. The Hall–Kier alpha value is 0.330. The van der Waals surface area contributed by atoms with Gasteiger partial charge in [0.2, 0.25) is 0 Å². The Balaban J connectivity index is 0.000000449. The summed E-state index contributed by atoms with van der Waals surface area (Å²) in [5.41, 5.74) is 0.348. The summed E-state index contributed by atoms with van der Waals surface area (Å²) < 4.78 is 6.65. The quantitative estimate of drug-likeness (QED) is 0.208. The molecule has 6 nitrogen and oxygen atoms in total. The summed E-state index contributed by atoms with van der Waals surface area (Å²) in [5.74, 6) is -1.06. The third kappa shape index (κ3) is 11.6. The fourth-order valence-electron chi connectivity index (χ4n) is 1.67. The molecule has 0 atom stereocenters. The number of hydrogen-bond acceptors (Lipinski definition) is 6. The first-order chi connectivity index (χ1) is 11.5. The maximum atomic E-state index is 10.7. The molecule has 0 saturated carbocycles. The number of aromatic carboxylic acids is 1. The third-order valence-electron chi connectivity index (χ3n) is 2.75. The van der Waals surface area contributed by atoms with Crippen LogP contribution in [0.3, 0.4) is 0 Å². The first-order valence-corrected chi connectivity index (χ1v) is 23.9. The smallest absolute Gasteiger partial charge is 1.00 e. The van der Waals surface area contributed by atoms with E-state index in [1.807, 2.05) is 42.5 Å². The number of rotatable bonds is 7. The molecule has 0 spiro atoms. The van der Waals surface area contributed by atoms with E-state index < -0.39 is 59.1 Å². The standard InChI is InChI=1S/C7H6O2S.C6H5.C2H5.2Hg.NO3.Na/c8-7(9)5-3-1-2-4-6(5)10;1-2-4-6-5-3-1;1-2;;;2-1(3)4;/h1-4,10H,(H,8,9);1-5H;1H2,2H3;;;;/q;;;2*+1;-1;+1/p-2. The van der Waals surface area contributed by atoms with Gasteiger partial charge < -0.3 is 0 Å². The molecule has 0 radical (unpaired) electrons. The zero-order valence-corrected chi connectivity index (χ0v) is 28.0. The second kappa shape index (κ2) is 15.4. The number of benzene rings is 2. The van der Waals surface area contributed by atoms with Crippen LogP contribution in [0.15, 0.2) is 59.5 Å². The van der Waals surface area contributed by atoms with Gasteiger partial charge in [-0.15, -0.1) is 0 Å². The van der Waals surface area contributed by atoms with Gasteiger partial charge in [0.1, 0.15) is 0 Å². The van der Waals surface area contributed by atoms with Crippen molar-refractivity contribution in [1.29, 1.82) is 0 Å². The summed E-state index contributed by atoms with van der Waals surface area (Å²) in [5, 5.41) is 19.8. The van der Waals surface area contributed by atoms with Gasteiger partial charge in [-0.3, -0.25) is 0 Å². The van der Waals surface area contributed by atoms with Gasteiger partial charge in [0, 0.05) is 0 Å². The minimum atomic E-state index is -1.87. The normalized spacial score (nSPS) is 8.52. The van der Waals surface area contributed by atoms with E-state index in [2.05, 4.69) is 9.67 Å². The van der Waals surface area contributed by atoms with Crippen molar-refractivity contribution in [2.75, 3.05) is 0 Å². The van der Waals surface area contributed by atoms with E-state index in [0.717, 1.165) is 7.97 Å². The Labute approximate surface area is 196 Å². The van der Waals surface area contributed by atoms with Crippen molar-refractivity contribution >= 4 is 17.3 Å². The van der Waals surface area contributed by atoms with Gasteiger partial charge in [0.05, 0.1) is 0 Å². The van der Waals surface area contributed by atoms with E-state index in [1.165, 1.54) is 3.93 Å². The maximum Gasteiger partial charge on any atom is 1.00 e. The van der Waals surface area contributed by atoms with Crippen LogP contribution in [-0.4, -0.2) is 11.1 Å². The van der Waals surface area contributed by atoms with Crippen LogP contribution in [-0.2, 0) is 50.8 Å². The first-order valence-electron chi connectivity index (χ1n) is 7.29. The molecule has 0 saturated heterocycles. The van der Waals surface area contributed by atoms with Crippen molar-refractivity contribution in [3.8, 4) is 0 Å². The number of carbonyl (C=O) groups excluding carboxylic acids is 1. The summed E-state index contributed by atoms with van der Waals surface area (Å²) in [6, 6.07) is 16.4. The van der Waals surface area contributed by atoms with E-state index >= 15 is 0 Å². The number of carbonyl (C=O) groups is 1. The van der Waals surface area contributed by atoms with Gasteiger partial charge in [-0.2, -0.15) is 0 Å². The molecule has 0 fully saturated rings. The van der Waals surface area contributed by atoms with Crippen molar-refractivity contribution in [3.63, 3.8) is 0 Å². The molecule has 25 heavy (non-hydrogen) atoms. The summed E-state index contributed by atoms with van der Waals surface area (Å²) in [6.07, 6.45) is 0. The largest absolute Gasteiger partial charge is 1.00 e. The van der Waals surface area contributed by atoms with E-state index in [9.17, 15) is 20.0 Å². The molecule has 120 valence electrons. The molecule has 0 N–H and O–H groups in total. The third-order valence-corrected chi connectivity index (χ3v) is 19.2. The molecule has 2 aromatic carbocycles. The first kappa shape index (κ1) is 25.3. The summed E-state index contributed by atoms with van der Waals surface area (Å²) in [4.78, 5) is 21.4. The minimum Gasteiger partial charge on any atom is 1.00 e. The maximum absolute atomic E-state index is 10.7. The van der Waals surface area contributed by atoms with Gasteiger partial charge in [0.25, 0.3) is 0 Å². The molecular weight excluding hydrogens is 730 g/mol. The average molecular weight is 745 g/mol. The number of nitrogens with zero attached hydrogens (tertiary/aromatic N) is 1. The van der Waals surface area contributed by atoms with Gasteiger partial charge in [-0.25, -0.2) is 0 Å². The Morgan fingerprint density at radius 1 is 1.16 bits per heavy atom. The summed E-state index contributed by atoms with van der Waals surface area (Å²) >= 11 is -2.75. The number of hydrogen-bond donors (Lipinski definition) is 0. The van der Waals surface area contributed by atoms with Crippen LogP contribution in [0.25, 0.3) is 0 Å². The minimum absolute atomic E-state index is 0. The SMILES string of the molecule is C[CH2][Hg][S]c1ccccc1C(=O)[O-].O=[N+]([O-])[O][Hg][c]1ccccc1.[Na+]. The average Bonchev–Trinajstić information content (AvgIpc) is 2.60. The van der Waals surface area contributed by atoms with Crippen LogP contribution < -0.4 is 37.7 Å². The van der Waals surface area contributed by atoms with Gasteiger partial charge >= 0.3 is 199 Å². The van der Waals surface area contributed by atoms with Crippen molar-refractivity contribution in [2.45, 2.75) is 15.7 Å². The Kier molecular flexibility index (Phi) is 15.6. The van der Waals surface area contributed by atoms with Gasteiger partial charge in [0.15, 0.2) is 0 Å². The van der Waals surface area contributed by atoms with Crippen LogP contribution in [0, 0.1) is 10.1 Å². The molecule has 2 aromatic rings. The fourth-order valence-corrected chi connectivity index (χ4v) is 13.3. The fraction of sp³-hybridized carbons (Fsp3) is 0.133. The van der Waals surface area contributed by atoms with Crippen molar-refractivity contribution in [2.24, 2.45) is 0 Å². The zero-order chi connectivity index (χ0) is 17.8. The van der Waals surface area contributed by atoms with E-state index in [4.69, 9.17) is 0 Å². The molecule has 10 heteroatoms. The monoisotopic (exact) mass is 747 g/mol. The van der Waals surface area contributed by atoms with Crippen LogP contribution in [0.4, 0.5) is 0 Å². The van der Waals surface area contributed by atoms with Crippen LogP contribution in [0.2, 0.25) is 3.93 Å². The molecule has 2 rings (SSSR count). The molecular formula is C15H14Hg2NNaO5S. The Bertz CT molecular complexity index is 663. The predicted molar refractivity (Wildman–Crippen MR) is 81.3 cm³/mol. The summed E-state index contributed by atoms with van der Waals surface area (Å²) in [6.45, 7) is 2.16. The van der Waals surface area contributed by atoms with E-state index in [-0.39, 0.29) is 29.6 Å². The molecule has 0 aliphatic carbocycles. The van der Waals surface area contributed by atoms with Crippen molar-refractivity contribution < 1.29 is 95.4 Å². The molecule has 0 unspecified atom stereocenters. The van der Waals surface area contributed by atoms with Gasteiger partial charge in [-0.1, -0.05) is 0 Å². The predicted octanol–water partition coefficient (Wildman–Crippen LogP) is -0.900. The molecule has 0 aliphatic heterocycles. The molecule has 0 aliphatic rings. The Morgan fingerprint density at radius 2 is 1.76 bits per heavy atom. The molecule has 0 heterocycles. The van der Waals surface area contributed by atoms with Crippen LogP contribution >= 0.6 is 8.24 Å². The molecule has 0 amide bonds.